The number of nitrogens with one attached hydrogen (secondary N) is 1. The van der Waals surface area contributed by atoms with Crippen LogP contribution >= 0.6 is 0 Å². The van der Waals surface area contributed by atoms with Crippen molar-refractivity contribution in [2.75, 3.05) is 39.9 Å². The van der Waals surface area contributed by atoms with Crippen LogP contribution in [0.4, 0.5) is 0 Å². The normalized spacial score (nSPS) is 14.7. The number of hydrogen-bond donors (Lipinski definition) is 1. The van der Waals surface area contributed by atoms with Crippen LogP contribution in [-0.4, -0.2) is 71.9 Å². The summed E-state index contributed by atoms with van der Waals surface area (Å²) < 4.78 is 10.7. The Morgan fingerprint density at radius 2 is 1.97 bits per heavy atom. The van der Waals surface area contributed by atoms with E-state index in [1.165, 1.54) is 6.39 Å². The van der Waals surface area contributed by atoms with E-state index in [-0.39, 0.29) is 12.5 Å². The number of oxazole rings is 1. The summed E-state index contributed by atoms with van der Waals surface area (Å²) in [6.45, 7) is 2.62. The predicted molar refractivity (Wildman–Crippen MR) is 121 cm³/mol. The summed E-state index contributed by atoms with van der Waals surface area (Å²) in [6, 6.07) is 7.77. The van der Waals surface area contributed by atoms with Gasteiger partial charge in [0.15, 0.2) is 18.0 Å². The number of nitrogens with zero attached hydrogens (tertiary/aromatic N) is 5. The van der Waals surface area contributed by atoms with Crippen molar-refractivity contribution >= 4 is 17.7 Å². The lowest BCUT2D eigenvalue weighted by Gasteiger charge is -2.26. The molecule has 1 N–H and O–H groups in total. The highest BCUT2D eigenvalue weighted by molar-refractivity contribution is 6.09. The number of hydrogen-bond acceptors (Lipinski definition) is 8. The quantitative estimate of drug-likeness (QED) is 0.571. The zero-order valence-corrected chi connectivity index (χ0v) is 17.8. The van der Waals surface area contributed by atoms with E-state index < -0.39 is 0 Å². The summed E-state index contributed by atoms with van der Waals surface area (Å²) in [5.74, 6) is 1.32. The van der Waals surface area contributed by atoms with Gasteiger partial charge in [0.25, 0.3) is 0 Å². The van der Waals surface area contributed by atoms with Crippen LogP contribution in [0.1, 0.15) is 5.56 Å². The fourth-order valence-corrected chi connectivity index (χ4v) is 3.30. The van der Waals surface area contributed by atoms with Gasteiger partial charge in [-0.05, 0) is 6.07 Å². The molecule has 164 valence electrons. The van der Waals surface area contributed by atoms with Gasteiger partial charge in [0.1, 0.15) is 0 Å². The first-order chi connectivity index (χ1) is 15.7. The molecule has 0 aliphatic carbocycles. The third kappa shape index (κ3) is 5.25. The maximum atomic E-state index is 12.3. The van der Waals surface area contributed by atoms with E-state index in [4.69, 9.17) is 9.15 Å². The van der Waals surface area contributed by atoms with Crippen LogP contribution in [0.15, 0.2) is 64.9 Å². The smallest absolute Gasteiger partial charge is 0.242 e. The number of amides is 1. The molecule has 4 rings (SSSR count). The zero-order valence-electron chi connectivity index (χ0n) is 17.8. The lowest BCUT2D eigenvalue weighted by atomic mass is 10.1. The number of ether oxygens (including phenoxy) is 1. The number of allylic oxidation sites excluding steroid dienone is 1. The van der Waals surface area contributed by atoms with Gasteiger partial charge in [-0.2, -0.15) is 0 Å². The topological polar surface area (TPSA) is 106 Å². The van der Waals surface area contributed by atoms with Gasteiger partial charge in [-0.15, -0.1) is 0 Å². The summed E-state index contributed by atoms with van der Waals surface area (Å²) >= 11 is 0. The summed E-state index contributed by atoms with van der Waals surface area (Å²) in [6.07, 6.45) is 10.0. The molecular formula is C23H24N6O3. The number of rotatable bonds is 7. The minimum atomic E-state index is 0.0376. The monoisotopic (exact) mass is 432 g/mol. The van der Waals surface area contributed by atoms with Gasteiger partial charge in [0.05, 0.1) is 26.0 Å². The lowest BCUT2D eigenvalue weighted by molar-refractivity contribution is -0.134. The molecule has 0 radical (unpaired) electrons. The van der Waals surface area contributed by atoms with Gasteiger partial charge in [0, 0.05) is 67.2 Å². The van der Waals surface area contributed by atoms with E-state index in [9.17, 15) is 4.79 Å². The highest BCUT2D eigenvalue weighted by Gasteiger charge is 2.15. The molecule has 0 atom stereocenters. The maximum Gasteiger partial charge on any atom is 0.242 e. The van der Waals surface area contributed by atoms with Crippen molar-refractivity contribution in [1.82, 2.24) is 25.2 Å². The van der Waals surface area contributed by atoms with Gasteiger partial charge in [-0.1, -0.05) is 18.2 Å². The van der Waals surface area contributed by atoms with Crippen molar-refractivity contribution in [3.05, 3.63) is 61.0 Å². The largest absolute Gasteiger partial charge is 0.444 e. The van der Waals surface area contributed by atoms with E-state index in [2.05, 4.69) is 25.3 Å². The van der Waals surface area contributed by atoms with Crippen LogP contribution in [0.2, 0.25) is 0 Å². The van der Waals surface area contributed by atoms with Crippen molar-refractivity contribution in [2.45, 2.75) is 0 Å². The second-order valence-corrected chi connectivity index (χ2v) is 7.10. The first kappa shape index (κ1) is 21.4. The fraction of sp³-hybridized carbons (Fsp3) is 0.261. The van der Waals surface area contributed by atoms with Crippen molar-refractivity contribution in [3.63, 3.8) is 0 Å². The van der Waals surface area contributed by atoms with Crippen LogP contribution in [0.5, 0.6) is 0 Å². The van der Waals surface area contributed by atoms with Crippen molar-refractivity contribution < 1.29 is 13.9 Å². The summed E-state index contributed by atoms with van der Waals surface area (Å²) in [5, 5.41) is 3.08. The zero-order chi connectivity index (χ0) is 22.2. The minimum Gasteiger partial charge on any atom is -0.444 e. The van der Waals surface area contributed by atoms with E-state index in [0.29, 0.717) is 37.9 Å². The predicted octanol–water partition coefficient (Wildman–Crippen LogP) is 2.29. The Morgan fingerprint density at radius 3 is 2.69 bits per heavy atom. The van der Waals surface area contributed by atoms with Gasteiger partial charge in [-0.25, -0.2) is 15.0 Å². The number of aliphatic imine (C=N–C) groups is 1. The Hall–Kier alpha value is -3.85. The standard InChI is InChI=1S/C23H24N6O3/c1-24-10-19(11-25-15-22(30)29-5-7-31-8-6-29)20-12-27-23(28-13-20)18-4-2-3-17(9-18)21-14-26-16-32-21/h2-4,9-14,16,25H,5-8,15H2,1H3/b19-11+,24-10?. The number of benzene rings is 1. The number of aromatic nitrogens is 3. The van der Waals surface area contributed by atoms with Crippen molar-refractivity contribution in [1.29, 1.82) is 0 Å². The second kappa shape index (κ2) is 10.5. The maximum absolute atomic E-state index is 12.3. The van der Waals surface area contributed by atoms with Crippen LogP contribution in [0, 0.1) is 0 Å². The molecule has 9 heteroatoms. The lowest BCUT2D eigenvalue weighted by Crippen LogP contribution is -2.44. The fourth-order valence-electron chi connectivity index (χ4n) is 3.30. The highest BCUT2D eigenvalue weighted by Crippen LogP contribution is 2.24. The molecule has 1 fully saturated rings. The molecular weight excluding hydrogens is 408 g/mol. The van der Waals surface area contributed by atoms with Crippen LogP contribution in [-0.2, 0) is 9.53 Å². The Labute approximate surface area is 185 Å². The summed E-state index contributed by atoms with van der Waals surface area (Å²) in [5.41, 5.74) is 3.34. The molecule has 2 aromatic heterocycles. The Balaban J connectivity index is 1.45. The van der Waals surface area contributed by atoms with Crippen molar-refractivity contribution in [2.24, 2.45) is 4.99 Å². The van der Waals surface area contributed by atoms with E-state index in [0.717, 1.165) is 22.3 Å². The van der Waals surface area contributed by atoms with E-state index in [1.54, 1.807) is 43.0 Å². The molecule has 1 aliphatic heterocycles. The average molecular weight is 432 g/mol. The number of morpholine rings is 1. The molecule has 9 nitrogen and oxygen atoms in total. The van der Waals surface area contributed by atoms with Crippen LogP contribution in [0.3, 0.4) is 0 Å². The molecule has 3 aromatic rings. The second-order valence-electron chi connectivity index (χ2n) is 7.10. The SMILES string of the molecule is CN=C/C(=C\NCC(=O)N1CCOCC1)c1cnc(-c2cccc(-c3cnco3)c2)nc1. The Bertz CT molecular complexity index is 1090. The molecule has 0 spiro atoms. The molecule has 3 heterocycles. The molecule has 1 aromatic carbocycles. The van der Waals surface area contributed by atoms with Gasteiger partial charge in [-0.3, -0.25) is 9.79 Å². The average Bonchev–Trinajstić information content (AvgIpc) is 3.39. The summed E-state index contributed by atoms with van der Waals surface area (Å²) in [7, 11) is 1.69. The first-order valence-corrected chi connectivity index (χ1v) is 10.3. The van der Waals surface area contributed by atoms with Crippen LogP contribution < -0.4 is 5.32 Å². The van der Waals surface area contributed by atoms with Gasteiger partial charge < -0.3 is 19.4 Å². The molecule has 32 heavy (non-hydrogen) atoms. The minimum absolute atomic E-state index is 0.0376. The third-order valence-corrected chi connectivity index (χ3v) is 4.97. The first-order valence-electron chi connectivity index (χ1n) is 10.3. The van der Waals surface area contributed by atoms with Gasteiger partial charge >= 0.3 is 0 Å². The van der Waals surface area contributed by atoms with Crippen LogP contribution in [0.25, 0.3) is 28.3 Å². The van der Waals surface area contributed by atoms with Crippen molar-refractivity contribution in [3.8, 4) is 22.7 Å². The highest BCUT2D eigenvalue weighted by atomic mass is 16.5. The van der Waals surface area contributed by atoms with E-state index in [1.807, 2.05) is 24.3 Å². The summed E-state index contributed by atoms with van der Waals surface area (Å²) in [4.78, 5) is 31.2. The molecule has 1 aliphatic rings. The molecule has 1 saturated heterocycles. The van der Waals surface area contributed by atoms with E-state index >= 15 is 0 Å². The third-order valence-electron chi connectivity index (χ3n) is 4.97. The molecule has 1 amide bonds. The van der Waals surface area contributed by atoms with Gasteiger partial charge in [0.2, 0.25) is 5.91 Å². The number of carbonyl (C=O) groups excluding carboxylic acids is 1. The molecule has 0 saturated carbocycles. The molecule has 0 bridgehead atoms. The Morgan fingerprint density at radius 1 is 1.19 bits per heavy atom. The molecule has 0 unspecified atom stereocenters. The Kier molecular flexibility index (Phi) is 6.98. The number of carbonyl (C=O) groups is 1.